The van der Waals surface area contributed by atoms with E-state index >= 15 is 0 Å². The van der Waals surface area contributed by atoms with Gasteiger partial charge in [0.25, 0.3) is 11.2 Å². The highest BCUT2D eigenvalue weighted by Gasteiger charge is 2.33. The minimum Gasteiger partial charge on any atom is -0.461 e. The van der Waals surface area contributed by atoms with Gasteiger partial charge in [0, 0.05) is 12.1 Å². The number of nitro groups is 1. The fourth-order valence-electron chi connectivity index (χ4n) is 3.35. The Kier molecular flexibility index (Phi) is 5.75. The second-order valence-corrected chi connectivity index (χ2v) is 6.96. The Balaban J connectivity index is 2.08. The lowest BCUT2D eigenvalue weighted by Gasteiger charge is -2.36. The lowest BCUT2D eigenvalue weighted by Crippen LogP contribution is -2.37. The van der Waals surface area contributed by atoms with E-state index in [1.54, 1.807) is 0 Å². The number of rotatable bonds is 5. The van der Waals surface area contributed by atoms with Gasteiger partial charge in [-0.25, -0.2) is 0 Å². The standard InChI is InChI=1S/C17H24N2O5/c1-11(2)14-6-4-12(3)8-15(14)24-17(21)10-18-9-13(19(22)23)5-7-16(18)20/h5,7,9,11-12,14-15H,4,6,8,10H2,1-3H3/t12-,14-,15-/m1/s1. The Bertz CT molecular complexity index is 667. The number of ether oxygens (including phenoxy) is 1. The number of esters is 1. The third-order valence-electron chi connectivity index (χ3n) is 4.72. The molecule has 0 spiro atoms. The van der Waals surface area contributed by atoms with Crippen molar-refractivity contribution in [3.8, 4) is 0 Å². The summed E-state index contributed by atoms with van der Waals surface area (Å²) in [5.41, 5.74) is -0.691. The summed E-state index contributed by atoms with van der Waals surface area (Å²) in [5, 5.41) is 10.8. The van der Waals surface area contributed by atoms with Crippen molar-refractivity contribution in [1.29, 1.82) is 0 Å². The molecule has 0 aromatic carbocycles. The minimum atomic E-state index is -0.598. The molecule has 0 unspecified atom stereocenters. The first kappa shape index (κ1) is 18.2. The molecule has 132 valence electrons. The van der Waals surface area contributed by atoms with Crippen LogP contribution in [0.2, 0.25) is 0 Å². The third-order valence-corrected chi connectivity index (χ3v) is 4.72. The van der Waals surface area contributed by atoms with E-state index in [4.69, 9.17) is 4.74 Å². The molecule has 0 radical (unpaired) electrons. The number of pyridine rings is 1. The molecule has 0 amide bonds. The molecule has 1 aromatic heterocycles. The van der Waals surface area contributed by atoms with E-state index in [-0.39, 0.29) is 18.3 Å². The van der Waals surface area contributed by atoms with Crippen molar-refractivity contribution in [2.75, 3.05) is 0 Å². The monoisotopic (exact) mass is 336 g/mol. The highest BCUT2D eigenvalue weighted by Crippen LogP contribution is 2.35. The summed E-state index contributed by atoms with van der Waals surface area (Å²) in [5.74, 6) is 0.698. The van der Waals surface area contributed by atoms with Gasteiger partial charge in [-0.15, -0.1) is 0 Å². The Morgan fingerprint density at radius 1 is 1.42 bits per heavy atom. The second-order valence-electron chi connectivity index (χ2n) is 6.96. The summed E-state index contributed by atoms with van der Waals surface area (Å²) in [6.45, 7) is 6.07. The summed E-state index contributed by atoms with van der Waals surface area (Å²) in [6, 6.07) is 2.22. The summed E-state index contributed by atoms with van der Waals surface area (Å²) < 4.78 is 6.65. The largest absolute Gasteiger partial charge is 0.461 e. The normalized spacial score (nSPS) is 23.9. The summed E-state index contributed by atoms with van der Waals surface area (Å²) in [7, 11) is 0. The van der Waals surface area contributed by atoms with Crippen LogP contribution in [0.5, 0.6) is 0 Å². The molecule has 1 aliphatic carbocycles. The maximum absolute atomic E-state index is 12.2. The summed E-state index contributed by atoms with van der Waals surface area (Å²) >= 11 is 0. The van der Waals surface area contributed by atoms with Gasteiger partial charge in [0.05, 0.1) is 11.1 Å². The fourth-order valence-corrected chi connectivity index (χ4v) is 3.35. The lowest BCUT2D eigenvalue weighted by molar-refractivity contribution is -0.385. The zero-order chi connectivity index (χ0) is 17.9. The van der Waals surface area contributed by atoms with Gasteiger partial charge in [0.2, 0.25) is 0 Å². The van der Waals surface area contributed by atoms with Crippen molar-refractivity contribution >= 4 is 11.7 Å². The predicted molar refractivity (Wildman–Crippen MR) is 88.6 cm³/mol. The molecule has 24 heavy (non-hydrogen) atoms. The average Bonchev–Trinajstić information content (AvgIpc) is 2.48. The SMILES string of the molecule is CC(C)[C@H]1CC[C@@H](C)C[C@H]1OC(=O)Cn1cc([N+](=O)[O-])ccc1=O. The Hall–Kier alpha value is -2.18. The zero-order valence-corrected chi connectivity index (χ0v) is 14.3. The molecule has 7 nitrogen and oxygen atoms in total. The van der Waals surface area contributed by atoms with E-state index in [1.807, 2.05) is 0 Å². The van der Waals surface area contributed by atoms with Crippen LogP contribution in [0.4, 0.5) is 5.69 Å². The van der Waals surface area contributed by atoms with E-state index in [2.05, 4.69) is 20.8 Å². The predicted octanol–water partition coefficient (Wildman–Crippen LogP) is 2.76. The molecule has 1 heterocycles. The molecule has 0 aliphatic heterocycles. The van der Waals surface area contributed by atoms with Crippen LogP contribution in [-0.4, -0.2) is 21.6 Å². The van der Waals surface area contributed by atoms with Gasteiger partial charge in [0.15, 0.2) is 0 Å². The first-order valence-corrected chi connectivity index (χ1v) is 8.32. The van der Waals surface area contributed by atoms with Crippen LogP contribution in [0.3, 0.4) is 0 Å². The maximum Gasteiger partial charge on any atom is 0.326 e. The number of carbonyl (C=O) groups excluding carboxylic acids is 1. The number of hydrogen-bond acceptors (Lipinski definition) is 5. The summed E-state index contributed by atoms with van der Waals surface area (Å²) in [4.78, 5) is 34.2. The van der Waals surface area contributed by atoms with Gasteiger partial charge in [-0.3, -0.25) is 24.3 Å². The molecule has 1 saturated carbocycles. The van der Waals surface area contributed by atoms with Crippen molar-refractivity contribution in [2.24, 2.45) is 17.8 Å². The highest BCUT2D eigenvalue weighted by molar-refractivity contribution is 5.69. The molecule has 0 saturated heterocycles. The summed E-state index contributed by atoms with van der Waals surface area (Å²) in [6.07, 6.45) is 3.89. The lowest BCUT2D eigenvalue weighted by atomic mass is 9.75. The number of hydrogen-bond donors (Lipinski definition) is 0. The molecular weight excluding hydrogens is 312 g/mol. The first-order valence-electron chi connectivity index (χ1n) is 8.32. The third kappa shape index (κ3) is 4.43. The van der Waals surface area contributed by atoms with Crippen molar-refractivity contribution in [3.05, 3.63) is 38.8 Å². The second kappa shape index (κ2) is 7.59. The van der Waals surface area contributed by atoms with Gasteiger partial charge in [-0.1, -0.05) is 27.2 Å². The number of nitrogens with zero attached hydrogens (tertiary/aromatic N) is 2. The van der Waals surface area contributed by atoms with Crippen LogP contribution < -0.4 is 5.56 Å². The van der Waals surface area contributed by atoms with Crippen LogP contribution in [0, 0.1) is 27.9 Å². The topological polar surface area (TPSA) is 91.4 Å². The molecular formula is C17H24N2O5. The fraction of sp³-hybridized carbons (Fsp3) is 0.647. The van der Waals surface area contributed by atoms with Crippen LogP contribution >= 0.6 is 0 Å². The van der Waals surface area contributed by atoms with Gasteiger partial charge in [0.1, 0.15) is 12.6 Å². The maximum atomic E-state index is 12.2. The molecule has 1 fully saturated rings. The first-order chi connectivity index (χ1) is 11.3. The van der Waals surface area contributed by atoms with Crippen LogP contribution in [0.1, 0.15) is 40.0 Å². The van der Waals surface area contributed by atoms with E-state index in [9.17, 15) is 19.7 Å². The molecule has 1 aliphatic rings. The van der Waals surface area contributed by atoms with Gasteiger partial charge < -0.3 is 4.74 Å². The van der Waals surface area contributed by atoms with Crippen LogP contribution in [0.15, 0.2) is 23.1 Å². The van der Waals surface area contributed by atoms with E-state index < -0.39 is 16.5 Å². The van der Waals surface area contributed by atoms with Crippen LogP contribution in [0.25, 0.3) is 0 Å². The van der Waals surface area contributed by atoms with E-state index in [0.29, 0.717) is 17.8 Å². The highest BCUT2D eigenvalue weighted by atomic mass is 16.6. The van der Waals surface area contributed by atoms with E-state index in [0.717, 1.165) is 42.2 Å². The van der Waals surface area contributed by atoms with Gasteiger partial charge in [-0.05, 0) is 30.6 Å². The Morgan fingerprint density at radius 2 is 2.12 bits per heavy atom. The molecule has 3 atom stereocenters. The van der Waals surface area contributed by atoms with Crippen molar-refractivity contribution in [3.63, 3.8) is 0 Å². The van der Waals surface area contributed by atoms with E-state index in [1.165, 1.54) is 0 Å². The average molecular weight is 336 g/mol. The molecule has 1 aromatic rings. The van der Waals surface area contributed by atoms with Crippen molar-refractivity contribution in [2.45, 2.75) is 52.7 Å². The van der Waals surface area contributed by atoms with Gasteiger partial charge >= 0.3 is 5.97 Å². The molecule has 0 N–H and O–H groups in total. The molecule has 2 rings (SSSR count). The minimum absolute atomic E-state index is 0.157. The Morgan fingerprint density at radius 3 is 2.75 bits per heavy atom. The van der Waals surface area contributed by atoms with Crippen LogP contribution in [-0.2, 0) is 16.1 Å². The quantitative estimate of drug-likeness (QED) is 0.468. The number of carbonyl (C=O) groups is 1. The van der Waals surface area contributed by atoms with Gasteiger partial charge in [-0.2, -0.15) is 0 Å². The molecule has 0 bridgehead atoms. The number of aromatic nitrogens is 1. The molecule has 7 heteroatoms. The smallest absolute Gasteiger partial charge is 0.326 e. The van der Waals surface area contributed by atoms with Crippen molar-refractivity contribution in [1.82, 2.24) is 4.57 Å². The van der Waals surface area contributed by atoms with Crippen molar-refractivity contribution < 1.29 is 14.5 Å². The Labute approximate surface area is 140 Å². The zero-order valence-electron chi connectivity index (χ0n) is 14.3.